The first-order chi connectivity index (χ1) is 9.82. The van der Waals surface area contributed by atoms with Crippen molar-refractivity contribution in [2.45, 2.75) is 33.2 Å². The van der Waals surface area contributed by atoms with E-state index in [-0.39, 0.29) is 18.0 Å². The Morgan fingerprint density at radius 3 is 2.62 bits per heavy atom. The molecule has 0 aliphatic carbocycles. The average molecular weight is 297 g/mol. The molecule has 1 aromatic heterocycles. The number of carbonyl (C=O) groups is 1. The van der Waals surface area contributed by atoms with Crippen molar-refractivity contribution in [2.75, 3.05) is 27.2 Å². The number of nitrogens with one attached hydrogen (secondary N) is 1. The molecule has 0 aliphatic heterocycles. The predicted octanol–water partition coefficient (Wildman–Crippen LogP) is 0.866. The van der Waals surface area contributed by atoms with Gasteiger partial charge in [-0.3, -0.25) is 19.6 Å². The van der Waals surface area contributed by atoms with E-state index >= 15 is 0 Å². The fraction of sp³-hybridized carbons (Fsp3) is 0.692. The van der Waals surface area contributed by atoms with Crippen molar-refractivity contribution in [1.82, 2.24) is 20.0 Å². The largest absolute Gasteiger partial charge is 0.356 e. The van der Waals surface area contributed by atoms with E-state index < -0.39 is 4.92 Å². The number of carbonyl (C=O) groups excluding carboxylic acids is 1. The molecule has 1 amide bonds. The van der Waals surface area contributed by atoms with Gasteiger partial charge in [0, 0.05) is 13.0 Å². The number of hydrogen-bond donors (Lipinski definition) is 1. The third-order valence-electron chi connectivity index (χ3n) is 3.18. The second-order valence-corrected chi connectivity index (χ2v) is 5.26. The lowest BCUT2D eigenvalue weighted by molar-refractivity contribution is -0.386. The minimum atomic E-state index is -0.435. The zero-order chi connectivity index (χ0) is 16.0. The minimum absolute atomic E-state index is 0.0291. The molecule has 0 spiro atoms. The molecule has 21 heavy (non-hydrogen) atoms. The molecule has 1 aromatic rings. The van der Waals surface area contributed by atoms with Gasteiger partial charge in [0.05, 0.1) is 11.5 Å². The van der Waals surface area contributed by atoms with Crippen molar-refractivity contribution >= 4 is 11.6 Å². The van der Waals surface area contributed by atoms with Crippen molar-refractivity contribution in [2.24, 2.45) is 0 Å². The normalized spacial score (nSPS) is 10.9. The van der Waals surface area contributed by atoms with Gasteiger partial charge in [0.2, 0.25) is 5.91 Å². The van der Waals surface area contributed by atoms with Gasteiger partial charge in [-0.05, 0) is 40.9 Å². The highest BCUT2D eigenvalue weighted by atomic mass is 16.6. The molecule has 118 valence electrons. The standard InChI is InChI=1S/C13H23N5O3/c1-10-13(18(20)21)11(2)17(15-10)9-6-12(19)14-7-5-8-16(3)4/h5-9H2,1-4H3,(H,14,19). The van der Waals surface area contributed by atoms with Crippen molar-refractivity contribution in [3.8, 4) is 0 Å². The highest BCUT2D eigenvalue weighted by molar-refractivity contribution is 5.75. The van der Waals surface area contributed by atoms with Gasteiger partial charge in [-0.2, -0.15) is 5.10 Å². The summed E-state index contributed by atoms with van der Waals surface area (Å²) >= 11 is 0. The van der Waals surface area contributed by atoms with Crippen LogP contribution in [0.15, 0.2) is 0 Å². The van der Waals surface area contributed by atoms with Gasteiger partial charge >= 0.3 is 5.69 Å². The topological polar surface area (TPSA) is 93.3 Å². The van der Waals surface area contributed by atoms with E-state index in [4.69, 9.17) is 0 Å². The van der Waals surface area contributed by atoms with Crippen LogP contribution in [0.1, 0.15) is 24.2 Å². The Morgan fingerprint density at radius 2 is 2.10 bits per heavy atom. The molecular formula is C13H23N5O3. The Kier molecular flexibility index (Phi) is 6.29. The molecule has 1 rings (SSSR count). The molecular weight excluding hydrogens is 274 g/mol. The molecule has 0 saturated heterocycles. The van der Waals surface area contributed by atoms with E-state index in [1.54, 1.807) is 13.8 Å². The highest BCUT2D eigenvalue weighted by Crippen LogP contribution is 2.21. The van der Waals surface area contributed by atoms with E-state index in [1.165, 1.54) is 4.68 Å². The summed E-state index contributed by atoms with van der Waals surface area (Å²) in [6.45, 7) is 5.15. The fourth-order valence-corrected chi connectivity index (χ4v) is 2.09. The Bertz CT molecular complexity index is 510. The maximum Gasteiger partial charge on any atom is 0.312 e. The second-order valence-electron chi connectivity index (χ2n) is 5.26. The summed E-state index contributed by atoms with van der Waals surface area (Å²) in [5, 5.41) is 17.8. The van der Waals surface area contributed by atoms with Crippen LogP contribution in [0.3, 0.4) is 0 Å². The highest BCUT2D eigenvalue weighted by Gasteiger charge is 2.21. The van der Waals surface area contributed by atoms with Gasteiger partial charge < -0.3 is 10.2 Å². The van der Waals surface area contributed by atoms with Crippen molar-refractivity contribution in [3.05, 3.63) is 21.5 Å². The van der Waals surface area contributed by atoms with Gasteiger partial charge in [-0.1, -0.05) is 0 Å². The lowest BCUT2D eigenvalue weighted by atomic mass is 10.3. The van der Waals surface area contributed by atoms with E-state index in [2.05, 4.69) is 15.3 Å². The zero-order valence-electron chi connectivity index (χ0n) is 13.0. The van der Waals surface area contributed by atoms with Gasteiger partial charge in [0.1, 0.15) is 11.4 Å². The Hall–Kier alpha value is -1.96. The molecule has 0 unspecified atom stereocenters. The number of rotatable bonds is 8. The molecule has 0 atom stereocenters. The van der Waals surface area contributed by atoms with Crippen molar-refractivity contribution in [3.63, 3.8) is 0 Å². The maximum atomic E-state index is 11.7. The third-order valence-corrected chi connectivity index (χ3v) is 3.18. The van der Waals surface area contributed by atoms with Gasteiger partial charge in [-0.15, -0.1) is 0 Å². The van der Waals surface area contributed by atoms with Crippen LogP contribution in [-0.2, 0) is 11.3 Å². The first kappa shape index (κ1) is 17.1. The summed E-state index contributed by atoms with van der Waals surface area (Å²) in [6.07, 6.45) is 1.16. The molecule has 1 heterocycles. The summed E-state index contributed by atoms with van der Waals surface area (Å²) < 4.78 is 1.52. The molecule has 1 N–H and O–H groups in total. The SMILES string of the molecule is Cc1nn(CCC(=O)NCCCN(C)C)c(C)c1[N+](=O)[O-]. The Labute approximate surface area is 124 Å². The molecule has 0 bridgehead atoms. The molecule has 0 radical (unpaired) electrons. The van der Waals surface area contributed by atoms with Gasteiger partial charge in [0.15, 0.2) is 0 Å². The molecule has 0 fully saturated rings. The van der Waals surface area contributed by atoms with Gasteiger partial charge in [0.25, 0.3) is 0 Å². The summed E-state index contributed by atoms with van der Waals surface area (Å²) in [4.78, 5) is 24.2. The van der Waals surface area contributed by atoms with Gasteiger partial charge in [-0.25, -0.2) is 0 Å². The number of amides is 1. The number of nitrogens with zero attached hydrogens (tertiary/aromatic N) is 4. The van der Waals surface area contributed by atoms with Crippen LogP contribution >= 0.6 is 0 Å². The Morgan fingerprint density at radius 1 is 1.43 bits per heavy atom. The predicted molar refractivity (Wildman–Crippen MR) is 79.2 cm³/mol. The quantitative estimate of drug-likeness (QED) is 0.436. The summed E-state index contributed by atoms with van der Waals surface area (Å²) in [5.41, 5.74) is 0.892. The number of aryl methyl sites for hydroxylation is 2. The first-order valence-corrected chi connectivity index (χ1v) is 6.92. The van der Waals surface area contributed by atoms with Crippen LogP contribution in [0.2, 0.25) is 0 Å². The zero-order valence-corrected chi connectivity index (χ0v) is 13.0. The van der Waals surface area contributed by atoms with Crippen molar-refractivity contribution in [1.29, 1.82) is 0 Å². The first-order valence-electron chi connectivity index (χ1n) is 6.92. The fourth-order valence-electron chi connectivity index (χ4n) is 2.09. The van der Waals surface area contributed by atoms with E-state index in [1.807, 2.05) is 14.1 Å². The molecule has 0 aliphatic rings. The smallest absolute Gasteiger partial charge is 0.312 e. The van der Waals surface area contributed by atoms with Crippen LogP contribution in [0.4, 0.5) is 5.69 Å². The second kappa shape index (κ2) is 7.72. The maximum absolute atomic E-state index is 11.7. The Balaban J connectivity index is 2.43. The van der Waals surface area contributed by atoms with Crippen LogP contribution in [0.5, 0.6) is 0 Å². The minimum Gasteiger partial charge on any atom is -0.356 e. The number of aromatic nitrogens is 2. The van der Waals surface area contributed by atoms with Crippen LogP contribution in [0.25, 0.3) is 0 Å². The molecule has 8 heteroatoms. The monoisotopic (exact) mass is 297 g/mol. The number of hydrogen-bond acceptors (Lipinski definition) is 5. The molecule has 8 nitrogen and oxygen atoms in total. The summed E-state index contributed by atoms with van der Waals surface area (Å²) in [5.74, 6) is -0.0658. The van der Waals surface area contributed by atoms with Crippen LogP contribution in [0, 0.1) is 24.0 Å². The van der Waals surface area contributed by atoms with E-state index in [9.17, 15) is 14.9 Å². The number of nitro groups is 1. The lowest BCUT2D eigenvalue weighted by Gasteiger charge is -2.10. The average Bonchev–Trinajstić information content (AvgIpc) is 2.66. The summed E-state index contributed by atoms with van der Waals surface area (Å²) in [7, 11) is 3.97. The van der Waals surface area contributed by atoms with E-state index in [0.717, 1.165) is 13.0 Å². The lowest BCUT2D eigenvalue weighted by Crippen LogP contribution is -2.28. The van der Waals surface area contributed by atoms with E-state index in [0.29, 0.717) is 24.5 Å². The molecule has 0 aromatic carbocycles. The summed E-state index contributed by atoms with van der Waals surface area (Å²) in [6, 6.07) is 0. The van der Waals surface area contributed by atoms with Crippen molar-refractivity contribution < 1.29 is 9.72 Å². The van der Waals surface area contributed by atoms with Crippen LogP contribution in [-0.4, -0.2) is 52.7 Å². The molecule has 0 saturated carbocycles. The van der Waals surface area contributed by atoms with Crippen LogP contribution < -0.4 is 5.32 Å². The third kappa shape index (κ3) is 5.14.